The van der Waals surface area contributed by atoms with Crippen LogP contribution in [0.4, 0.5) is 11.6 Å². The van der Waals surface area contributed by atoms with Gasteiger partial charge in [-0.3, -0.25) is 0 Å². The molecule has 3 rings (SSSR count). The lowest BCUT2D eigenvalue weighted by atomic mass is 9.99. The molecule has 1 saturated heterocycles. The fourth-order valence-electron chi connectivity index (χ4n) is 2.55. The number of fused-ring (bicyclic) bond motifs is 1. The summed E-state index contributed by atoms with van der Waals surface area (Å²) in [5.74, 6) is 1.62. The summed E-state index contributed by atoms with van der Waals surface area (Å²) in [6.45, 7) is 2.03. The maximum absolute atomic E-state index is 9.28. The van der Waals surface area contributed by atoms with Gasteiger partial charge < -0.3 is 15.7 Å². The third kappa shape index (κ3) is 2.31. The number of pyridine rings is 1. The standard InChI is InChI=1S/C13H17N5O/c14-13-12-10(15-8-16-13)3-4-11(17-12)18-5-1-2-9(6-18)7-19/h3-4,8-9,19H,1-2,5-7H2,(H2,14,15,16). The van der Waals surface area contributed by atoms with Crippen molar-refractivity contribution in [3.8, 4) is 0 Å². The van der Waals surface area contributed by atoms with Gasteiger partial charge >= 0.3 is 0 Å². The van der Waals surface area contributed by atoms with Gasteiger partial charge in [0.25, 0.3) is 0 Å². The quantitative estimate of drug-likeness (QED) is 0.830. The van der Waals surface area contributed by atoms with Crippen LogP contribution in [0.15, 0.2) is 18.5 Å². The number of nitrogens with two attached hydrogens (primary N) is 1. The summed E-state index contributed by atoms with van der Waals surface area (Å²) in [5.41, 5.74) is 7.24. The average molecular weight is 259 g/mol. The minimum Gasteiger partial charge on any atom is -0.396 e. The molecule has 6 heteroatoms. The average Bonchev–Trinajstić information content (AvgIpc) is 2.47. The van der Waals surface area contributed by atoms with E-state index in [4.69, 9.17) is 5.73 Å². The van der Waals surface area contributed by atoms with Crippen LogP contribution in [0.25, 0.3) is 11.0 Å². The predicted octanol–water partition coefficient (Wildman–Crippen LogP) is 0.816. The maximum atomic E-state index is 9.28. The Balaban J connectivity index is 1.94. The van der Waals surface area contributed by atoms with Gasteiger partial charge in [-0.05, 0) is 30.9 Å². The molecule has 1 atom stereocenters. The molecular weight excluding hydrogens is 242 g/mol. The number of anilines is 2. The summed E-state index contributed by atoms with van der Waals surface area (Å²) in [4.78, 5) is 14.9. The smallest absolute Gasteiger partial charge is 0.153 e. The Morgan fingerprint density at radius 2 is 2.26 bits per heavy atom. The summed E-state index contributed by atoms with van der Waals surface area (Å²) >= 11 is 0. The number of piperidine rings is 1. The summed E-state index contributed by atoms with van der Waals surface area (Å²) in [7, 11) is 0. The van der Waals surface area contributed by atoms with Gasteiger partial charge in [0.05, 0.1) is 5.52 Å². The third-order valence-electron chi connectivity index (χ3n) is 3.60. The lowest BCUT2D eigenvalue weighted by Crippen LogP contribution is -2.37. The molecule has 19 heavy (non-hydrogen) atoms. The van der Waals surface area contributed by atoms with E-state index in [-0.39, 0.29) is 6.61 Å². The summed E-state index contributed by atoms with van der Waals surface area (Å²) in [6.07, 6.45) is 3.60. The highest BCUT2D eigenvalue weighted by molar-refractivity contribution is 5.84. The van der Waals surface area contributed by atoms with Gasteiger partial charge in [-0.1, -0.05) is 0 Å². The summed E-state index contributed by atoms with van der Waals surface area (Å²) < 4.78 is 0. The lowest BCUT2D eigenvalue weighted by Gasteiger charge is -2.32. The van der Waals surface area contributed by atoms with E-state index in [2.05, 4.69) is 19.9 Å². The van der Waals surface area contributed by atoms with E-state index in [0.717, 1.165) is 37.3 Å². The van der Waals surface area contributed by atoms with Crippen molar-refractivity contribution >= 4 is 22.7 Å². The molecule has 6 nitrogen and oxygen atoms in total. The van der Waals surface area contributed by atoms with E-state index >= 15 is 0 Å². The second-order valence-electron chi connectivity index (χ2n) is 4.93. The van der Waals surface area contributed by atoms with Crippen molar-refractivity contribution in [2.75, 3.05) is 30.3 Å². The van der Waals surface area contributed by atoms with Crippen LogP contribution in [0.2, 0.25) is 0 Å². The van der Waals surface area contributed by atoms with Crippen LogP contribution in [0, 0.1) is 5.92 Å². The minimum absolute atomic E-state index is 0.231. The fourth-order valence-corrected chi connectivity index (χ4v) is 2.55. The molecule has 2 aromatic rings. The number of nitrogens with zero attached hydrogens (tertiary/aromatic N) is 4. The number of hydrogen-bond acceptors (Lipinski definition) is 6. The second kappa shape index (κ2) is 4.97. The van der Waals surface area contributed by atoms with E-state index in [0.29, 0.717) is 17.3 Å². The van der Waals surface area contributed by atoms with Crippen LogP contribution < -0.4 is 10.6 Å². The molecule has 0 spiro atoms. The highest BCUT2D eigenvalue weighted by Crippen LogP contribution is 2.24. The molecule has 100 valence electrons. The van der Waals surface area contributed by atoms with E-state index in [1.165, 1.54) is 6.33 Å². The van der Waals surface area contributed by atoms with Gasteiger partial charge in [0.2, 0.25) is 0 Å². The van der Waals surface area contributed by atoms with E-state index in [9.17, 15) is 5.11 Å². The Hall–Kier alpha value is -1.95. The van der Waals surface area contributed by atoms with Gasteiger partial charge in [-0.25, -0.2) is 15.0 Å². The van der Waals surface area contributed by atoms with Gasteiger partial charge in [0, 0.05) is 19.7 Å². The first kappa shape index (κ1) is 12.1. The largest absolute Gasteiger partial charge is 0.396 e. The van der Waals surface area contributed by atoms with Gasteiger partial charge in [0.15, 0.2) is 5.82 Å². The molecule has 3 N–H and O–H groups in total. The molecule has 1 aliphatic rings. The van der Waals surface area contributed by atoms with Gasteiger partial charge in [-0.2, -0.15) is 0 Å². The first-order valence-electron chi connectivity index (χ1n) is 6.51. The van der Waals surface area contributed by atoms with Crippen molar-refractivity contribution in [3.05, 3.63) is 18.5 Å². The van der Waals surface area contributed by atoms with Crippen LogP contribution in [0.1, 0.15) is 12.8 Å². The fraction of sp³-hybridized carbons (Fsp3) is 0.462. The molecule has 1 unspecified atom stereocenters. The van der Waals surface area contributed by atoms with Crippen molar-refractivity contribution in [1.82, 2.24) is 15.0 Å². The molecule has 1 aliphatic heterocycles. The Bertz CT molecular complexity index is 588. The zero-order valence-corrected chi connectivity index (χ0v) is 10.7. The molecule has 0 aliphatic carbocycles. The lowest BCUT2D eigenvalue weighted by molar-refractivity contribution is 0.208. The van der Waals surface area contributed by atoms with E-state index < -0.39 is 0 Å². The Morgan fingerprint density at radius 3 is 3.11 bits per heavy atom. The maximum Gasteiger partial charge on any atom is 0.153 e. The molecule has 3 heterocycles. The number of aliphatic hydroxyl groups is 1. The van der Waals surface area contributed by atoms with Crippen LogP contribution in [-0.4, -0.2) is 39.8 Å². The molecule has 0 amide bonds. The van der Waals surface area contributed by atoms with Gasteiger partial charge in [-0.15, -0.1) is 0 Å². The molecule has 0 saturated carbocycles. The number of aromatic nitrogens is 3. The van der Waals surface area contributed by atoms with Crippen LogP contribution >= 0.6 is 0 Å². The Morgan fingerprint density at radius 1 is 1.37 bits per heavy atom. The highest BCUT2D eigenvalue weighted by Gasteiger charge is 2.20. The SMILES string of the molecule is Nc1ncnc2ccc(N3CCCC(CO)C3)nc12. The van der Waals surface area contributed by atoms with E-state index in [1.54, 1.807) is 0 Å². The predicted molar refractivity (Wildman–Crippen MR) is 73.8 cm³/mol. The Kier molecular flexibility index (Phi) is 3.16. The van der Waals surface area contributed by atoms with Crippen molar-refractivity contribution in [2.24, 2.45) is 5.92 Å². The number of hydrogen-bond donors (Lipinski definition) is 2. The van der Waals surface area contributed by atoms with Gasteiger partial charge in [0.1, 0.15) is 17.7 Å². The highest BCUT2D eigenvalue weighted by atomic mass is 16.3. The van der Waals surface area contributed by atoms with Crippen LogP contribution in [0.3, 0.4) is 0 Å². The summed E-state index contributed by atoms with van der Waals surface area (Å²) in [6, 6.07) is 3.87. The molecule has 0 bridgehead atoms. The Labute approximate surface area is 111 Å². The number of rotatable bonds is 2. The molecular formula is C13H17N5O. The zero-order valence-electron chi connectivity index (χ0n) is 10.7. The van der Waals surface area contributed by atoms with Crippen molar-refractivity contribution in [1.29, 1.82) is 0 Å². The van der Waals surface area contributed by atoms with Crippen LogP contribution in [0.5, 0.6) is 0 Å². The minimum atomic E-state index is 0.231. The van der Waals surface area contributed by atoms with E-state index in [1.807, 2.05) is 12.1 Å². The topological polar surface area (TPSA) is 88.2 Å². The molecule has 0 radical (unpaired) electrons. The molecule has 1 fully saturated rings. The second-order valence-corrected chi connectivity index (χ2v) is 4.93. The monoisotopic (exact) mass is 259 g/mol. The molecule has 2 aromatic heterocycles. The number of nitrogen functional groups attached to an aromatic ring is 1. The van der Waals surface area contributed by atoms with Crippen molar-refractivity contribution in [3.63, 3.8) is 0 Å². The van der Waals surface area contributed by atoms with Crippen molar-refractivity contribution in [2.45, 2.75) is 12.8 Å². The summed E-state index contributed by atoms with van der Waals surface area (Å²) in [5, 5.41) is 9.28. The zero-order chi connectivity index (χ0) is 13.2. The normalized spacial score (nSPS) is 19.8. The molecule has 0 aromatic carbocycles. The van der Waals surface area contributed by atoms with Crippen LogP contribution in [-0.2, 0) is 0 Å². The third-order valence-corrected chi connectivity index (χ3v) is 3.60. The first-order valence-corrected chi connectivity index (χ1v) is 6.51. The van der Waals surface area contributed by atoms with Crippen molar-refractivity contribution < 1.29 is 5.11 Å². The number of aliphatic hydroxyl groups excluding tert-OH is 1. The first-order chi connectivity index (χ1) is 9.28.